The van der Waals surface area contributed by atoms with E-state index in [1.807, 2.05) is 18.2 Å². The van der Waals surface area contributed by atoms with Crippen LogP contribution in [-0.4, -0.2) is 22.6 Å². The van der Waals surface area contributed by atoms with Gasteiger partial charge in [-0.3, -0.25) is 9.78 Å². The maximum absolute atomic E-state index is 12.0. The van der Waals surface area contributed by atoms with E-state index in [0.29, 0.717) is 16.9 Å². The number of para-hydroxylation sites is 1. The monoisotopic (exact) mass is 266 g/mol. The Morgan fingerprint density at radius 3 is 2.75 bits per heavy atom. The highest BCUT2D eigenvalue weighted by Crippen LogP contribution is 2.14. The highest BCUT2D eigenvalue weighted by Gasteiger charge is 2.06. The molecule has 0 unspecified atom stereocenters. The van der Waals surface area contributed by atoms with E-state index in [9.17, 15) is 4.79 Å². The number of aromatic nitrogens is 1. The maximum atomic E-state index is 12.0. The molecule has 0 radical (unpaired) electrons. The van der Waals surface area contributed by atoms with Gasteiger partial charge in [-0.05, 0) is 24.3 Å². The first kappa shape index (κ1) is 13.8. The molecule has 20 heavy (non-hydrogen) atoms. The SMILES string of the molecule is O=C(Cc1ccccn1)Nc1ccccc1C#CCO. The minimum absolute atomic E-state index is 0.151. The molecule has 0 atom stereocenters. The van der Waals surface area contributed by atoms with Gasteiger partial charge in [-0.1, -0.05) is 30.0 Å². The summed E-state index contributed by atoms with van der Waals surface area (Å²) in [6.07, 6.45) is 1.87. The molecule has 1 heterocycles. The van der Waals surface area contributed by atoms with E-state index in [2.05, 4.69) is 22.1 Å². The number of nitrogens with zero attached hydrogens (tertiary/aromatic N) is 1. The third-order valence-corrected chi connectivity index (χ3v) is 2.57. The van der Waals surface area contributed by atoms with Gasteiger partial charge in [0.1, 0.15) is 6.61 Å². The van der Waals surface area contributed by atoms with Crippen LogP contribution >= 0.6 is 0 Å². The van der Waals surface area contributed by atoms with Crippen molar-refractivity contribution in [3.63, 3.8) is 0 Å². The zero-order valence-electron chi connectivity index (χ0n) is 10.8. The van der Waals surface area contributed by atoms with Crippen molar-refractivity contribution in [3.05, 3.63) is 59.9 Å². The van der Waals surface area contributed by atoms with Gasteiger partial charge in [-0.2, -0.15) is 0 Å². The Morgan fingerprint density at radius 1 is 1.20 bits per heavy atom. The summed E-state index contributed by atoms with van der Waals surface area (Å²) >= 11 is 0. The lowest BCUT2D eigenvalue weighted by atomic mass is 10.1. The summed E-state index contributed by atoms with van der Waals surface area (Å²) in [6.45, 7) is -0.212. The van der Waals surface area contributed by atoms with Gasteiger partial charge in [0.25, 0.3) is 0 Å². The van der Waals surface area contributed by atoms with Crippen molar-refractivity contribution in [1.82, 2.24) is 4.98 Å². The number of amides is 1. The molecule has 0 saturated heterocycles. The van der Waals surface area contributed by atoms with Gasteiger partial charge in [0.05, 0.1) is 12.1 Å². The molecule has 4 heteroatoms. The Hall–Kier alpha value is -2.64. The van der Waals surface area contributed by atoms with Crippen LogP contribution in [0.4, 0.5) is 5.69 Å². The lowest BCUT2D eigenvalue weighted by Crippen LogP contribution is -2.15. The average molecular weight is 266 g/mol. The number of pyridine rings is 1. The summed E-state index contributed by atoms with van der Waals surface area (Å²) in [5.41, 5.74) is 2.02. The third kappa shape index (κ3) is 3.94. The molecule has 0 aliphatic carbocycles. The van der Waals surface area contributed by atoms with Crippen molar-refractivity contribution in [2.24, 2.45) is 0 Å². The Balaban J connectivity index is 2.08. The molecule has 0 saturated carbocycles. The lowest BCUT2D eigenvalue weighted by molar-refractivity contribution is -0.115. The zero-order chi connectivity index (χ0) is 14.2. The van der Waals surface area contributed by atoms with Crippen LogP contribution in [0.2, 0.25) is 0 Å². The van der Waals surface area contributed by atoms with Crippen LogP contribution in [0.15, 0.2) is 48.7 Å². The third-order valence-electron chi connectivity index (χ3n) is 2.57. The van der Waals surface area contributed by atoms with E-state index >= 15 is 0 Å². The van der Waals surface area contributed by atoms with Crippen LogP contribution in [0.1, 0.15) is 11.3 Å². The summed E-state index contributed by atoms with van der Waals surface area (Å²) in [7, 11) is 0. The predicted octanol–water partition coefficient (Wildman–Crippen LogP) is 1.61. The first-order valence-corrected chi connectivity index (χ1v) is 6.18. The summed E-state index contributed by atoms with van der Waals surface area (Å²) < 4.78 is 0. The quantitative estimate of drug-likeness (QED) is 0.830. The molecule has 0 fully saturated rings. The summed E-state index contributed by atoms with van der Waals surface area (Å²) in [4.78, 5) is 16.1. The standard InChI is InChI=1S/C16H14N2O2/c19-11-5-7-13-6-1-2-9-15(13)18-16(20)12-14-8-3-4-10-17-14/h1-4,6,8-10,19H,11-12H2,(H,18,20). The van der Waals surface area contributed by atoms with E-state index < -0.39 is 0 Å². The van der Waals surface area contributed by atoms with Crippen LogP contribution in [0.3, 0.4) is 0 Å². The number of aliphatic hydroxyl groups is 1. The van der Waals surface area contributed by atoms with Crippen molar-refractivity contribution < 1.29 is 9.90 Å². The van der Waals surface area contributed by atoms with E-state index in [4.69, 9.17) is 5.11 Å². The van der Waals surface area contributed by atoms with Crippen molar-refractivity contribution in [3.8, 4) is 11.8 Å². The van der Waals surface area contributed by atoms with Crippen LogP contribution in [0.25, 0.3) is 0 Å². The summed E-state index contributed by atoms with van der Waals surface area (Å²) in [6, 6.07) is 12.7. The number of nitrogens with one attached hydrogen (secondary N) is 1. The molecular weight excluding hydrogens is 252 g/mol. The molecule has 2 aromatic rings. The molecule has 1 aromatic carbocycles. The molecule has 0 spiro atoms. The topological polar surface area (TPSA) is 62.2 Å². The molecule has 0 bridgehead atoms. The predicted molar refractivity (Wildman–Crippen MR) is 77.0 cm³/mol. The Kier molecular flexibility index (Phi) is 4.87. The van der Waals surface area contributed by atoms with Crippen molar-refractivity contribution >= 4 is 11.6 Å². The van der Waals surface area contributed by atoms with Gasteiger partial charge >= 0.3 is 0 Å². The van der Waals surface area contributed by atoms with Crippen LogP contribution in [-0.2, 0) is 11.2 Å². The average Bonchev–Trinajstić information content (AvgIpc) is 2.47. The first-order valence-electron chi connectivity index (χ1n) is 6.18. The fourth-order valence-corrected chi connectivity index (χ4v) is 1.70. The van der Waals surface area contributed by atoms with Crippen LogP contribution in [0, 0.1) is 11.8 Å². The maximum Gasteiger partial charge on any atom is 0.230 e. The number of anilines is 1. The molecule has 1 amide bonds. The molecule has 0 aliphatic rings. The van der Waals surface area contributed by atoms with Gasteiger partial charge in [-0.15, -0.1) is 0 Å². The second-order valence-electron chi connectivity index (χ2n) is 4.05. The van der Waals surface area contributed by atoms with Crippen LogP contribution < -0.4 is 5.32 Å². The molecule has 2 rings (SSSR count). The molecule has 100 valence electrons. The fraction of sp³-hybridized carbons (Fsp3) is 0.125. The lowest BCUT2D eigenvalue weighted by Gasteiger charge is -2.07. The second kappa shape index (κ2) is 7.07. The smallest absolute Gasteiger partial charge is 0.230 e. The molecule has 1 aromatic heterocycles. The van der Waals surface area contributed by atoms with Crippen molar-refractivity contribution in [1.29, 1.82) is 0 Å². The number of benzene rings is 1. The molecule has 4 nitrogen and oxygen atoms in total. The minimum atomic E-state index is -0.212. The Morgan fingerprint density at radius 2 is 2.00 bits per heavy atom. The molecule has 0 aliphatic heterocycles. The zero-order valence-corrected chi connectivity index (χ0v) is 10.8. The van der Waals surface area contributed by atoms with Gasteiger partial charge in [0, 0.05) is 17.5 Å². The normalized spacial score (nSPS) is 9.45. The van der Waals surface area contributed by atoms with Gasteiger partial charge in [0.2, 0.25) is 5.91 Å². The molecular formula is C16H14N2O2. The van der Waals surface area contributed by atoms with Gasteiger partial charge in [0.15, 0.2) is 0 Å². The van der Waals surface area contributed by atoms with Crippen molar-refractivity contribution in [2.45, 2.75) is 6.42 Å². The molecule has 2 N–H and O–H groups in total. The minimum Gasteiger partial charge on any atom is -0.384 e. The van der Waals surface area contributed by atoms with E-state index in [1.165, 1.54) is 0 Å². The highest BCUT2D eigenvalue weighted by atomic mass is 16.2. The number of rotatable bonds is 3. The Bertz CT molecular complexity index is 642. The van der Waals surface area contributed by atoms with Crippen molar-refractivity contribution in [2.75, 3.05) is 11.9 Å². The largest absolute Gasteiger partial charge is 0.384 e. The van der Waals surface area contributed by atoms with E-state index in [0.717, 1.165) is 0 Å². The van der Waals surface area contributed by atoms with Gasteiger partial charge < -0.3 is 10.4 Å². The fourth-order valence-electron chi connectivity index (χ4n) is 1.70. The number of hydrogen-bond acceptors (Lipinski definition) is 3. The summed E-state index contributed by atoms with van der Waals surface area (Å²) in [5.74, 6) is 5.22. The highest BCUT2D eigenvalue weighted by molar-refractivity contribution is 5.93. The number of carbonyl (C=O) groups excluding carboxylic acids is 1. The number of aliphatic hydroxyl groups excluding tert-OH is 1. The van der Waals surface area contributed by atoms with E-state index in [1.54, 1.807) is 30.5 Å². The van der Waals surface area contributed by atoms with E-state index in [-0.39, 0.29) is 18.9 Å². The number of hydrogen-bond donors (Lipinski definition) is 2. The Labute approximate surface area is 117 Å². The number of carbonyl (C=O) groups is 1. The summed E-state index contributed by atoms with van der Waals surface area (Å²) in [5, 5.41) is 11.5. The van der Waals surface area contributed by atoms with Crippen LogP contribution in [0.5, 0.6) is 0 Å². The van der Waals surface area contributed by atoms with Gasteiger partial charge in [-0.25, -0.2) is 0 Å². The second-order valence-corrected chi connectivity index (χ2v) is 4.05. The first-order chi connectivity index (χ1) is 9.79.